The van der Waals surface area contributed by atoms with Crippen LogP contribution in [0.5, 0.6) is 5.75 Å². The number of phenolic OH excluding ortho intramolecular Hbond substituents is 1. The molecule has 0 bridgehead atoms. The Morgan fingerprint density at radius 1 is 1.21 bits per heavy atom. The highest BCUT2D eigenvalue weighted by molar-refractivity contribution is 5.83. The van der Waals surface area contributed by atoms with Gasteiger partial charge >= 0.3 is 0 Å². The van der Waals surface area contributed by atoms with Crippen molar-refractivity contribution in [2.75, 3.05) is 0 Å². The van der Waals surface area contributed by atoms with Crippen LogP contribution in [0.15, 0.2) is 46.4 Å². The number of aromatic hydroxyl groups is 1. The third-order valence-electron chi connectivity index (χ3n) is 4.96. The minimum absolute atomic E-state index is 0.0694. The van der Waals surface area contributed by atoms with Gasteiger partial charge in [0.25, 0.3) is 0 Å². The van der Waals surface area contributed by atoms with Crippen LogP contribution in [-0.4, -0.2) is 11.0 Å². The molecule has 154 valence electrons. The second kappa shape index (κ2) is 8.50. The van der Waals surface area contributed by atoms with E-state index in [4.69, 9.17) is 4.42 Å². The number of phenols is 1. The first-order chi connectivity index (χ1) is 12.9. The van der Waals surface area contributed by atoms with Gasteiger partial charge in [0, 0.05) is 29.9 Å². The summed E-state index contributed by atoms with van der Waals surface area (Å²) in [6, 6.07) is 4.65. The lowest BCUT2D eigenvalue weighted by atomic mass is 9.85. The number of allylic oxidation sites excluding steroid dienone is 4. The summed E-state index contributed by atoms with van der Waals surface area (Å²) >= 11 is 0. The monoisotopic (exact) mass is 390 g/mol. The van der Waals surface area contributed by atoms with E-state index in [1.165, 1.54) is 17.7 Å². The number of benzene rings is 1. The van der Waals surface area contributed by atoms with E-state index in [-0.39, 0.29) is 23.5 Å². The lowest BCUT2D eigenvalue weighted by Gasteiger charge is -2.20. The average Bonchev–Trinajstić information content (AvgIpc) is 2.87. The molecule has 0 saturated carbocycles. The van der Waals surface area contributed by atoms with Crippen molar-refractivity contribution < 1.29 is 18.3 Å². The maximum atomic E-state index is 13.7. The number of hydrogen-bond donors (Lipinski definition) is 1. The second-order valence-electron chi connectivity index (χ2n) is 8.80. The molecule has 0 aliphatic carbocycles. The van der Waals surface area contributed by atoms with Crippen LogP contribution in [0, 0.1) is 11.3 Å². The molecule has 0 amide bonds. The van der Waals surface area contributed by atoms with Crippen LogP contribution < -0.4 is 0 Å². The average molecular weight is 391 g/mol. The zero-order chi connectivity index (χ0) is 21.1. The molecule has 1 unspecified atom stereocenters. The lowest BCUT2D eigenvalue weighted by molar-refractivity contribution is 0.0224. The highest BCUT2D eigenvalue weighted by Crippen LogP contribution is 2.34. The van der Waals surface area contributed by atoms with Crippen LogP contribution in [0.25, 0.3) is 11.0 Å². The fraction of sp³-hybridized carbons (Fsp3) is 0.500. The standard InChI is InChI=1S/C24H32F2O2/c1-7-17(23(3,4)5)10-8-16(2)9-13-21-20(15-24(6,25)26)19-12-11-18(27)14-22(19)28-21/h7-8,10-12,14,16,27H,9,13,15H2,1-6H3. The van der Waals surface area contributed by atoms with Gasteiger partial charge < -0.3 is 9.52 Å². The zero-order valence-electron chi connectivity index (χ0n) is 17.8. The van der Waals surface area contributed by atoms with Crippen molar-refractivity contribution in [1.82, 2.24) is 0 Å². The van der Waals surface area contributed by atoms with E-state index in [0.29, 0.717) is 28.7 Å². The first kappa shape index (κ1) is 22.2. The number of halogens is 2. The third-order valence-corrected chi connectivity index (χ3v) is 4.96. The Morgan fingerprint density at radius 3 is 2.46 bits per heavy atom. The van der Waals surface area contributed by atoms with E-state index in [1.807, 2.05) is 6.92 Å². The van der Waals surface area contributed by atoms with E-state index < -0.39 is 5.92 Å². The van der Waals surface area contributed by atoms with Gasteiger partial charge in [0.2, 0.25) is 5.92 Å². The lowest BCUT2D eigenvalue weighted by Crippen LogP contribution is -2.14. The number of fused-ring (bicyclic) bond motifs is 1. The fourth-order valence-electron chi connectivity index (χ4n) is 3.40. The molecular weight excluding hydrogens is 358 g/mol. The molecule has 2 nitrogen and oxygen atoms in total. The molecule has 0 fully saturated rings. The minimum atomic E-state index is -2.82. The quantitative estimate of drug-likeness (QED) is 0.498. The molecule has 1 aromatic heterocycles. The van der Waals surface area contributed by atoms with Gasteiger partial charge in [-0.15, -0.1) is 0 Å². The Kier molecular flexibility index (Phi) is 6.74. The summed E-state index contributed by atoms with van der Waals surface area (Å²) in [5.74, 6) is -1.87. The number of alkyl halides is 2. The van der Waals surface area contributed by atoms with Crippen molar-refractivity contribution in [2.45, 2.75) is 66.7 Å². The van der Waals surface area contributed by atoms with E-state index in [2.05, 4.69) is 45.9 Å². The summed E-state index contributed by atoms with van der Waals surface area (Å²) in [7, 11) is 0. The van der Waals surface area contributed by atoms with Gasteiger partial charge in [0.15, 0.2) is 0 Å². The van der Waals surface area contributed by atoms with Gasteiger partial charge in [0.1, 0.15) is 17.1 Å². The zero-order valence-corrected chi connectivity index (χ0v) is 17.8. The van der Waals surface area contributed by atoms with Crippen LogP contribution in [0.4, 0.5) is 8.78 Å². The summed E-state index contributed by atoms with van der Waals surface area (Å²) in [5.41, 5.74) is 2.36. The Labute approximate surface area is 166 Å². The number of furan rings is 1. The minimum Gasteiger partial charge on any atom is -0.508 e. The molecule has 2 aromatic rings. The molecular formula is C24H32F2O2. The molecule has 4 heteroatoms. The molecule has 1 aromatic carbocycles. The van der Waals surface area contributed by atoms with Gasteiger partial charge in [-0.05, 0) is 49.3 Å². The van der Waals surface area contributed by atoms with Crippen molar-refractivity contribution >= 4 is 11.0 Å². The Balaban J connectivity index is 2.20. The fourth-order valence-corrected chi connectivity index (χ4v) is 3.40. The van der Waals surface area contributed by atoms with Gasteiger partial charge in [-0.2, -0.15) is 0 Å². The molecule has 0 radical (unpaired) electrons. The normalized spacial score (nSPS) is 14.9. The van der Waals surface area contributed by atoms with E-state index in [9.17, 15) is 13.9 Å². The van der Waals surface area contributed by atoms with Crippen molar-refractivity contribution in [3.8, 4) is 5.75 Å². The van der Waals surface area contributed by atoms with E-state index in [1.54, 1.807) is 6.07 Å². The Hall–Kier alpha value is -2.10. The first-order valence-corrected chi connectivity index (χ1v) is 9.87. The largest absolute Gasteiger partial charge is 0.508 e. The molecule has 2 rings (SSSR count). The summed E-state index contributed by atoms with van der Waals surface area (Å²) in [4.78, 5) is 0. The maximum absolute atomic E-state index is 13.7. The van der Waals surface area contributed by atoms with E-state index >= 15 is 0 Å². The van der Waals surface area contributed by atoms with Crippen LogP contribution in [0.3, 0.4) is 0 Å². The molecule has 0 aliphatic heterocycles. The van der Waals surface area contributed by atoms with Crippen LogP contribution in [0.1, 0.15) is 59.3 Å². The predicted octanol–water partition coefficient (Wildman–Crippen LogP) is 7.45. The van der Waals surface area contributed by atoms with Crippen molar-refractivity contribution in [3.05, 3.63) is 53.3 Å². The predicted molar refractivity (Wildman–Crippen MR) is 112 cm³/mol. The second-order valence-corrected chi connectivity index (χ2v) is 8.80. The van der Waals surface area contributed by atoms with Crippen molar-refractivity contribution in [2.24, 2.45) is 11.3 Å². The van der Waals surface area contributed by atoms with Crippen molar-refractivity contribution in [1.29, 1.82) is 0 Å². The highest BCUT2D eigenvalue weighted by atomic mass is 19.3. The van der Waals surface area contributed by atoms with Crippen LogP contribution in [-0.2, 0) is 12.8 Å². The number of aryl methyl sites for hydroxylation is 1. The third kappa shape index (κ3) is 5.95. The summed E-state index contributed by atoms with van der Waals surface area (Å²) in [6.45, 7) is 11.6. The van der Waals surface area contributed by atoms with E-state index in [0.717, 1.165) is 13.3 Å². The molecule has 0 spiro atoms. The van der Waals surface area contributed by atoms with Crippen LogP contribution >= 0.6 is 0 Å². The molecule has 0 aliphatic rings. The summed E-state index contributed by atoms with van der Waals surface area (Å²) in [5, 5.41) is 10.3. The molecule has 1 N–H and O–H groups in total. The summed E-state index contributed by atoms with van der Waals surface area (Å²) in [6.07, 6.45) is 7.46. The van der Waals surface area contributed by atoms with Gasteiger partial charge in [-0.1, -0.05) is 45.9 Å². The highest BCUT2D eigenvalue weighted by Gasteiger charge is 2.27. The van der Waals surface area contributed by atoms with Gasteiger partial charge in [0.05, 0.1) is 0 Å². The molecule has 0 saturated heterocycles. The van der Waals surface area contributed by atoms with Gasteiger partial charge in [-0.25, -0.2) is 8.78 Å². The molecule has 1 heterocycles. The molecule has 1 atom stereocenters. The smallest absolute Gasteiger partial charge is 0.249 e. The van der Waals surface area contributed by atoms with Crippen molar-refractivity contribution in [3.63, 3.8) is 0 Å². The molecule has 28 heavy (non-hydrogen) atoms. The number of hydrogen-bond acceptors (Lipinski definition) is 2. The number of rotatable bonds is 7. The Bertz CT molecular complexity index is 861. The van der Waals surface area contributed by atoms with Crippen LogP contribution in [0.2, 0.25) is 0 Å². The maximum Gasteiger partial charge on any atom is 0.249 e. The topological polar surface area (TPSA) is 33.4 Å². The summed E-state index contributed by atoms with van der Waals surface area (Å²) < 4.78 is 33.3. The first-order valence-electron chi connectivity index (χ1n) is 9.87. The van der Waals surface area contributed by atoms with Gasteiger partial charge in [-0.3, -0.25) is 0 Å². The SMILES string of the molecule is CC=C(C=CC(C)CCc1oc2cc(O)ccc2c1CC(C)(F)F)C(C)(C)C. The Morgan fingerprint density at radius 2 is 1.89 bits per heavy atom.